The minimum absolute atomic E-state index is 0.211. The molecule has 2 rings (SSSR count). The molecule has 0 unspecified atom stereocenters. The second-order valence-corrected chi connectivity index (χ2v) is 5.52. The van der Waals surface area contributed by atoms with Gasteiger partial charge in [0, 0.05) is 12.1 Å². The number of aliphatic carboxylic acids is 1. The average Bonchev–Trinajstić information content (AvgIpc) is 2.77. The Bertz CT molecular complexity index is 540. The van der Waals surface area contributed by atoms with Crippen molar-refractivity contribution in [1.29, 1.82) is 0 Å². The maximum absolute atomic E-state index is 12.7. The number of carbonyl (C=O) groups is 2. The van der Waals surface area contributed by atoms with Gasteiger partial charge in [-0.05, 0) is 32.0 Å². The number of rotatable bonds is 4. The van der Waals surface area contributed by atoms with Gasteiger partial charge in [0.05, 0.1) is 5.54 Å². The van der Waals surface area contributed by atoms with Crippen molar-refractivity contribution < 1.29 is 14.7 Å². The van der Waals surface area contributed by atoms with Crippen molar-refractivity contribution in [2.24, 2.45) is 0 Å². The van der Waals surface area contributed by atoms with Gasteiger partial charge in [-0.1, -0.05) is 25.1 Å². The fourth-order valence-electron chi connectivity index (χ4n) is 2.65. The summed E-state index contributed by atoms with van der Waals surface area (Å²) in [6, 6.07) is 6.54. The van der Waals surface area contributed by atoms with Crippen LogP contribution in [0, 0.1) is 0 Å². The smallest absolute Gasteiger partial charge is 0.327 e. The van der Waals surface area contributed by atoms with Crippen molar-refractivity contribution >= 4 is 17.6 Å². The molecule has 1 aliphatic rings. The Balaban J connectivity index is 2.41. The van der Waals surface area contributed by atoms with Crippen LogP contribution in [-0.4, -0.2) is 35.1 Å². The number of nitrogens with one attached hydrogen (secondary N) is 1. The molecule has 0 bridgehead atoms. The molecule has 0 fully saturated rings. The summed E-state index contributed by atoms with van der Waals surface area (Å²) < 4.78 is 0. The number of likely N-dealkylation sites (N-methyl/N-ethyl adjacent to an activating group) is 1. The number of para-hydroxylation sites is 1. The van der Waals surface area contributed by atoms with Crippen LogP contribution in [-0.2, 0) is 16.0 Å². The van der Waals surface area contributed by atoms with Crippen LogP contribution in [0.4, 0.5) is 5.69 Å². The molecule has 1 heterocycles. The summed E-state index contributed by atoms with van der Waals surface area (Å²) in [6.45, 7) is 6.12. The van der Waals surface area contributed by atoms with Crippen LogP contribution in [0.1, 0.15) is 26.3 Å². The van der Waals surface area contributed by atoms with E-state index in [1.165, 1.54) is 4.90 Å². The minimum Gasteiger partial charge on any atom is -0.480 e. The van der Waals surface area contributed by atoms with E-state index in [2.05, 4.69) is 5.32 Å². The minimum atomic E-state index is -0.971. The SMILES string of the molecule is CCNC(C)(C)C(=O)N1c2ccccc2C[C@H]1C(=O)O. The highest BCUT2D eigenvalue weighted by Crippen LogP contribution is 2.33. The molecule has 0 aromatic heterocycles. The highest BCUT2D eigenvalue weighted by molar-refractivity contribution is 6.06. The van der Waals surface area contributed by atoms with Crippen LogP contribution >= 0.6 is 0 Å². The average molecular weight is 276 g/mol. The summed E-state index contributed by atoms with van der Waals surface area (Å²) in [4.78, 5) is 25.6. The molecule has 2 N–H and O–H groups in total. The lowest BCUT2D eigenvalue weighted by atomic mass is 10.0. The summed E-state index contributed by atoms with van der Waals surface area (Å²) in [7, 11) is 0. The highest BCUT2D eigenvalue weighted by Gasteiger charge is 2.43. The Labute approximate surface area is 118 Å². The Morgan fingerprint density at radius 1 is 1.40 bits per heavy atom. The number of anilines is 1. The molecule has 5 heteroatoms. The van der Waals surface area contributed by atoms with Crippen LogP contribution in [0.2, 0.25) is 0 Å². The number of amides is 1. The van der Waals surface area contributed by atoms with Crippen molar-refractivity contribution in [3.05, 3.63) is 29.8 Å². The predicted molar refractivity (Wildman–Crippen MR) is 76.8 cm³/mol. The normalized spacial score (nSPS) is 17.9. The third kappa shape index (κ3) is 2.41. The first-order valence-electron chi connectivity index (χ1n) is 6.78. The summed E-state index contributed by atoms with van der Waals surface area (Å²) in [5, 5.41) is 12.5. The fourth-order valence-corrected chi connectivity index (χ4v) is 2.65. The molecule has 0 spiro atoms. The van der Waals surface area contributed by atoms with Gasteiger partial charge in [-0.15, -0.1) is 0 Å². The third-order valence-corrected chi connectivity index (χ3v) is 3.63. The zero-order valence-corrected chi connectivity index (χ0v) is 12.0. The van der Waals surface area contributed by atoms with E-state index in [4.69, 9.17) is 0 Å². The largest absolute Gasteiger partial charge is 0.480 e. The Kier molecular flexibility index (Phi) is 3.81. The van der Waals surface area contributed by atoms with Gasteiger partial charge < -0.3 is 10.4 Å². The monoisotopic (exact) mass is 276 g/mol. The van der Waals surface area contributed by atoms with Gasteiger partial charge in [0.15, 0.2) is 0 Å². The van der Waals surface area contributed by atoms with Gasteiger partial charge in [0.25, 0.3) is 0 Å². The van der Waals surface area contributed by atoms with Crippen LogP contribution in [0.3, 0.4) is 0 Å². The summed E-state index contributed by atoms with van der Waals surface area (Å²) in [5.41, 5.74) is 0.816. The van der Waals surface area contributed by atoms with Gasteiger partial charge in [-0.2, -0.15) is 0 Å². The van der Waals surface area contributed by atoms with E-state index >= 15 is 0 Å². The lowest BCUT2D eigenvalue weighted by molar-refractivity contribution is -0.140. The summed E-state index contributed by atoms with van der Waals surface area (Å²) in [6.07, 6.45) is 0.361. The molecule has 20 heavy (non-hydrogen) atoms. The molecule has 1 aromatic rings. The molecule has 108 valence electrons. The van der Waals surface area contributed by atoms with Crippen LogP contribution in [0.5, 0.6) is 0 Å². The first kappa shape index (κ1) is 14.5. The lowest BCUT2D eigenvalue weighted by Crippen LogP contribution is -2.57. The Morgan fingerprint density at radius 2 is 2.05 bits per heavy atom. The van der Waals surface area contributed by atoms with Crippen LogP contribution in [0.25, 0.3) is 0 Å². The zero-order valence-electron chi connectivity index (χ0n) is 12.0. The molecule has 0 saturated heterocycles. The second kappa shape index (κ2) is 5.25. The van der Waals surface area contributed by atoms with Crippen LogP contribution < -0.4 is 10.2 Å². The molecule has 1 aromatic carbocycles. The maximum atomic E-state index is 12.7. The number of hydrogen-bond donors (Lipinski definition) is 2. The van der Waals surface area contributed by atoms with E-state index in [-0.39, 0.29) is 5.91 Å². The number of carboxylic acid groups (broad SMARTS) is 1. The van der Waals surface area contributed by atoms with E-state index in [1.54, 1.807) is 19.9 Å². The van der Waals surface area contributed by atoms with Gasteiger partial charge in [-0.25, -0.2) is 4.79 Å². The van der Waals surface area contributed by atoms with E-state index in [0.717, 1.165) is 5.56 Å². The summed E-state index contributed by atoms with van der Waals surface area (Å²) >= 11 is 0. The Hall–Kier alpha value is -1.88. The quantitative estimate of drug-likeness (QED) is 0.872. The van der Waals surface area contributed by atoms with Crippen molar-refractivity contribution in [2.75, 3.05) is 11.4 Å². The predicted octanol–water partition coefficient (Wildman–Crippen LogP) is 1.42. The number of fused-ring (bicyclic) bond motifs is 1. The molecular formula is C15H20N2O3. The Morgan fingerprint density at radius 3 is 2.65 bits per heavy atom. The number of carbonyl (C=O) groups excluding carboxylic acids is 1. The highest BCUT2D eigenvalue weighted by atomic mass is 16.4. The molecule has 1 atom stereocenters. The summed E-state index contributed by atoms with van der Waals surface area (Å²) in [5.74, 6) is -1.18. The molecule has 5 nitrogen and oxygen atoms in total. The lowest BCUT2D eigenvalue weighted by Gasteiger charge is -2.32. The maximum Gasteiger partial charge on any atom is 0.327 e. The first-order valence-corrected chi connectivity index (χ1v) is 6.78. The van der Waals surface area contributed by atoms with Crippen molar-refractivity contribution in [3.8, 4) is 0 Å². The van der Waals surface area contributed by atoms with Crippen molar-refractivity contribution in [3.63, 3.8) is 0 Å². The van der Waals surface area contributed by atoms with E-state index in [9.17, 15) is 14.7 Å². The zero-order chi connectivity index (χ0) is 14.9. The third-order valence-electron chi connectivity index (χ3n) is 3.63. The fraction of sp³-hybridized carbons (Fsp3) is 0.467. The second-order valence-electron chi connectivity index (χ2n) is 5.52. The van der Waals surface area contributed by atoms with Gasteiger partial charge >= 0.3 is 5.97 Å². The number of benzene rings is 1. The molecule has 0 saturated carbocycles. The molecule has 1 aliphatic heterocycles. The first-order chi connectivity index (χ1) is 9.38. The van der Waals surface area contributed by atoms with E-state index < -0.39 is 17.6 Å². The molecular weight excluding hydrogens is 256 g/mol. The van der Waals surface area contributed by atoms with Gasteiger partial charge in [-0.3, -0.25) is 9.69 Å². The number of nitrogens with zero attached hydrogens (tertiary/aromatic N) is 1. The van der Waals surface area contributed by atoms with Crippen LogP contribution in [0.15, 0.2) is 24.3 Å². The van der Waals surface area contributed by atoms with Gasteiger partial charge in [0.1, 0.15) is 6.04 Å². The van der Waals surface area contributed by atoms with Gasteiger partial charge in [0.2, 0.25) is 5.91 Å². The van der Waals surface area contributed by atoms with Crippen molar-refractivity contribution in [2.45, 2.75) is 38.8 Å². The van der Waals surface area contributed by atoms with Crippen molar-refractivity contribution in [1.82, 2.24) is 5.32 Å². The molecule has 1 amide bonds. The molecule has 0 radical (unpaired) electrons. The van der Waals surface area contributed by atoms with E-state index in [1.807, 2.05) is 25.1 Å². The topological polar surface area (TPSA) is 69.6 Å². The number of hydrogen-bond acceptors (Lipinski definition) is 3. The molecule has 0 aliphatic carbocycles. The van der Waals surface area contributed by atoms with E-state index in [0.29, 0.717) is 18.7 Å². The number of carboxylic acids is 1. The standard InChI is InChI=1S/C15H20N2O3/c1-4-16-15(2,3)14(20)17-11-8-6-5-7-10(11)9-12(17)13(18)19/h5-8,12,16H,4,9H2,1-3H3,(H,18,19)/t12-/m0/s1.